The van der Waals surface area contributed by atoms with E-state index in [-0.39, 0.29) is 17.4 Å². The molecule has 1 amide bonds. The quantitative estimate of drug-likeness (QED) is 0.678. The predicted octanol–water partition coefficient (Wildman–Crippen LogP) is 2.19. The van der Waals surface area contributed by atoms with Gasteiger partial charge in [-0.25, -0.2) is 0 Å². The molecule has 0 aliphatic carbocycles. The Hall–Kier alpha value is -0.530. The van der Waals surface area contributed by atoms with Crippen molar-refractivity contribution in [2.45, 2.75) is 47.6 Å². The van der Waals surface area contributed by atoms with Gasteiger partial charge in [0, 0.05) is 11.5 Å². The summed E-state index contributed by atoms with van der Waals surface area (Å²) in [5, 5.41) is 2.98. The molecule has 0 rings (SSSR count). The molecule has 0 spiro atoms. The fraction of sp³-hybridized carbons (Fsp3) is 0.900. The molecule has 0 fully saturated rings. The highest BCUT2D eigenvalue weighted by Gasteiger charge is 2.23. The van der Waals surface area contributed by atoms with Crippen molar-refractivity contribution in [2.24, 2.45) is 11.3 Å². The number of amides is 1. The summed E-state index contributed by atoms with van der Waals surface area (Å²) in [6.07, 6.45) is 0. The first kappa shape index (κ1) is 11.5. The van der Waals surface area contributed by atoms with Crippen molar-refractivity contribution in [3.63, 3.8) is 0 Å². The molecule has 0 radical (unpaired) electrons. The summed E-state index contributed by atoms with van der Waals surface area (Å²) in [7, 11) is 0. The minimum absolute atomic E-state index is 0.128. The van der Waals surface area contributed by atoms with Crippen molar-refractivity contribution in [3.8, 4) is 0 Å². The molecule has 0 unspecified atom stereocenters. The first-order valence-electron chi connectivity index (χ1n) is 4.56. The van der Waals surface area contributed by atoms with Gasteiger partial charge in [0.1, 0.15) is 0 Å². The third-order valence-electron chi connectivity index (χ3n) is 2.04. The van der Waals surface area contributed by atoms with Crippen LogP contribution in [-0.2, 0) is 4.79 Å². The van der Waals surface area contributed by atoms with E-state index in [1.54, 1.807) is 0 Å². The Morgan fingerprint density at radius 2 is 1.58 bits per heavy atom. The second kappa shape index (κ2) is 3.92. The van der Waals surface area contributed by atoms with Crippen LogP contribution in [0, 0.1) is 11.3 Å². The Bertz CT molecular complexity index is 156. The smallest absolute Gasteiger partial charge is 0.225 e. The van der Waals surface area contributed by atoms with Crippen LogP contribution in [0.25, 0.3) is 0 Å². The lowest BCUT2D eigenvalue weighted by Gasteiger charge is -2.23. The molecule has 0 saturated carbocycles. The zero-order chi connectivity index (χ0) is 9.94. The van der Waals surface area contributed by atoms with Crippen LogP contribution in [0.1, 0.15) is 41.5 Å². The molecule has 2 heteroatoms. The van der Waals surface area contributed by atoms with Crippen molar-refractivity contribution in [1.82, 2.24) is 5.32 Å². The van der Waals surface area contributed by atoms with E-state index in [9.17, 15) is 4.79 Å². The number of rotatable bonds is 2. The first-order valence-corrected chi connectivity index (χ1v) is 4.56. The van der Waals surface area contributed by atoms with Gasteiger partial charge >= 0.3 is 0 Å². The first-order chi connectivity index (χ1) is 5.25. The van der Waals surface area contributed by atoms with Crippen LogP contribution in [0.2, 0.25) is 0 Å². The molecule has 0 aromatic heterocycles. The van der Waals surface area contributed by atoms with E-state index >= 15 is 0 Å². The van der Waals surface area contributed by atoms with Crippen LogP contribution in [0.4, 0.5) is 0 Å². The summed E-state index contributed by atoms with van der Waals surface area (Å²) in [6, 6.07) is 0.261. The number of nitrogens with one attached hydrogen (secondary N) is 1. The molecule has 1 N–H and O–H groups in total. The van der Waals surface area contributed by atoms with Crippen LogP contribution < -0.4 is 5.32 Å². The molecule has 72 valence electrons. The van der Waals surface area contributed by atoms with Crippen molar-refractivity contribution < 1.29 is 4.79 Å². The Kier molecular flexibility index (Phi) is 3.75. The maximum absolute atomic E-state index is 11.5. The number of carbonyl (C=O) groups excluding carboxylic acids is 1. The van der Waals surface area contributed by atoms with Gasteiger partial charge < -0.3 is 5.32 Å². The minimum atomic E-state index is -0.275. The van der Waals surface area contributed by atoms with Crippen LogP contribution in [0.15, 0.2) is 0 Å². The highest BCUT2D eigenvalue weighted by atomic mass is 16.2. The largest absolute Gasteiger partial charge is 0.353 e. The van der Waals surface area contributed by atoms with E-state index in [0.29, 0.717) is 5.92 Å². The van der Waals surface area contributed by atoms with Crippen molar-refractivity contribution in [3.05, 3.63) is 0 Å². The lowest BCUT2D eigenvalue weighted by atomic mass is 9.94. The van der Waals surface area contributed by atoms with Gasteiger partial charge in [0.25, 0.3) is 0 Å². The Balaban J connectivity index is 4.02. The molecule has 0 aliphatic heterocycles. The zero-order valence-electron chi connectivity index (χ0n) is 9.06. The van der Waals surface area contributed by atoms with Crippen molar-refractivity contribution in [1.29, 1.82) is 0 Å². The van der Waals surface area contributed by atoms with Gasteiger partial charge in [0.15, 0.2) is 0 Å². The van der Waals surface area contributed by atoms with Crippen LogP contribution in [0.3, 0.4) is 0 Å². The molecule has 1 atom stereocenters. The highest BCUT2D eigenvalue weighted by Crippen LogP contribution is 2.13. The molecule has 0 aromatic rings. The molecule has 0 aromatic carbocycles. The summed E-state index contributed by atoms with van der Waals surface area (Å²) in [5.41, 5.74) is -0.275. The van der Waals surface area contributed by atoms with Crippen LogP contribution in [0.5, 0.6) is 0 Å². The summed E-state index contributed by atoms with van der Waals surface area (Å²) < 4.78 is 0. The highest BCUT2D eigenvalue weighted by molar-refractivity contribution is 5.81. The monoisotopic (exact) mass is 171 g/mol. The van der Waals surface area contributed by atoms with Crippen LogP contribution in [-0.4, -0.2) is 11.9 Å². The topological polar surface area (TPSA) is 29.1 Å². The van der Waals surface area contributed by atoms with Gasteiger partial charge in [-0.3, -0.25) is 4.79 Å². The Morgan fingerprint density at radius 1 is 1.17 bits per heavy atom. The van der Waals surface area contributed by atoms with Crippen LogP contribution >= 0.6 is 0 Å². The summed E-state index contributed by atoms with van der Waals surface area (Å²) in [6.45, 7) is 12.0. The van der Waals surface area contributed by atoms with Gasteiger partial charge in [0.05, 0.1) is 0 Å². The predicted molar refractivity (Wildman–Crippen MR) is 51.9 cm³/mol. The summed E-state index contributed by atoms with van der Waals surface area (Å²) >= 11 is 0. The van der Waals surface area contributed by atoms with E-state index in [4.69, 9.17) is 0 Å². The van der Waals surface area contributed by atoms with E-state index in [1.807, 2.05) is 27.7 Å². The summed E-state index contributed by atoms with van der Waals surface area (Å²) in [5.74, 6) is 0.625. The SMILES string of the molecule is CC(C)[C@H](C)NC(=O)C(C)(C)C. The van der Waals surface area contributed by atoms with E-state index in [0.717, 1.165) is 0 Å². The van der Waals surface area contributed by atoms with Crippen molar-refractivity contribution >= 4 is 5.91 Å². The van der Waals surface area contributed by atoms with Gasteiger partial charge in [0.2, 0.25) is 5.91 Å². The lowest BCUT2D eigenvalue weighted by molar-refractivity contribution is -0.129. The fourth-order valence-electron chi connectivity index (χ4n) is 0.590. The minimum Gasteiger partial charge on any atom is -0.353 e. The van der Waals surface area contributed by atoms with Crippen molar-refractivity contribution in [2.75, 3.05) is 0 Å². The summed E-state index contributed by atoms with van der Waals surface area (Å²) in [4.78, 5) is 11.5. The standard InChI is InChI=1S/C10H21NO/c1-7(2)8(3)11-9(12)10(4,5)6/h7-8H,1-6H3,(H,11,12)/t8-/m0/s1. The van der Waals surface area contributed by atoms with Gasteiger partial charge in [-0.15, -0.1) is 0 Å². The molecule has 12 heavy (non-hydrogen) atoms. The Labute approximate surface area is 75.7 Å². The average Bonchev–Trinajstić information content (AvgIpc) is 1.85. The maximum atomic E-state index is 11.5. The molecule has 0 saturated heterocycles. The molecular weight excluding hydrogens is 150 g/mol. The lowest BCUT2D eigenvalue weighted by Crippen LogP contribution is -2.42. The van der Waals surface area contributed by atoms with Gasteiger partial charge in [-0.05, 0) is 12.8 Å². The fourth-order valence-corrected chi connectivity index (χ4v) is 0.590. The molecule has 0 bridgehead atoms. The number of hydrogen-bond donors (Lipinski definition) is 1. The normalized spacial score (nSPS) is 14.6. The van der Waals surface area contributed by atoms with E-state index < -0.39 is 0 Å². The van der Waals surface area contributed by atoms with E-state index in [2.05, 4.69) is 19.2 Å². The average molecular weight is 171 g/mol. The second-order valence-corrected chi connectivity index (χ2v) is 4.76. The Morgan fingerprint density at radius 3 is 1.83 bits per heavy atom. The maximum Gasteiger partial charge on any atom is 0.225 e. The third-order valence-corrected chi connectivity index (χ3v) is 2.04. The number of carbonyl (C=O) groups is 1. The van der Waals surface area contributed by atoms with E-state index in [1.165, 1.54) is 0 Å². The number of hydrogen-bond acceptors (Lipinski definition) is 1. The molecule has 2 nitrogen and oxygen atoms in total. The molecular formula is C10H21NO. The second-order valence-electron chi connectivity index (χ2n) is 4.76. The zero-order valence-corrected chi connectivity index (χ0v) is 9.06. The van der Waals surface area contributed by atoms with Gasteiger partial charge in [-0.2, -0.15) is 0 Å². The molecule has 0 aliphatic rings. The van der Waals surface area contributed by atoms with Gasteiger partial charge in [-0.1, -0.05) is 34.6 Å². The molecule has 0 heterocycles. The third kappa shape index (κ3) is 3.74.